The fourth-order valence-electron chi connectivity index (χ4n) is 3.11. The molecule has 27 heavy (non-hydrogen) atoms. The molecule has 3 heterocycles. The minimum Gasteiger partial charge on any atom is -0.462 e. The summed E-state index contributed by atoms with van der Waals surface area (Å²) in [7, 11) is 0. The molecule has 0 atom stereocenters. The largest absolute Gasteiger partial charge is 0.462 e. The van der Waals surface area contributed by atoms with Gasteiger partial charge in [0.1, 0.15) is 11.5 Å². The highest BCUT2D eigenvalue weighted by Crippen LogP contribution is 2.27. The van der Waals surface area contributed by atoms with Gasteiger partial charge in [-0.25, -0.2) is 9.97 Å². The minimum atomic E-state index is -0.145. The molecule has 1 aromatic carbocycles. The lowest BCUT2D eigenvalue weighted by Crippen LogP contribution is -2.26. The van der Waals surface area contributed by atoms with Crippen LogP contribution < -0.4 is 5.32 Å². The number of hydrogen-bond donors (Lipinski definition) is 1. The average Bonchev–Trinajstić information content (AvgIpc) is 3.37. The molecule has 0 aliphatic rings. The van der Waals surface area contributed by atoms with Crippen LogP contribution in [0.3, 0.4) is 0 Å². The van der Waals surface area contributed by atoms with Crippen LogP contribution in [0.4, 0.5) is 0 Å². The molecule has 4 rings (SSSR count). The summed E-state index contributed by atoms with van der Waals surface area (Å²) in [4.78, 5) is 22.4. The molecule has 7 heteroatoms. The van der Waals surface area contributed by atoms with Crippen LogP contribution in [0.1, 0.15) is 27.6 Å². The summed E-state index contributed by atoms with van der Waals surface area (Å²) in [5.41, 5.74) is 2.60. The summed E-state index contributed by atoms with van der Waals surface area (Å²) < 4.78 is 7.55. The fraction of sp³-hybridized carbons (Fsp3) is 0.250. The van der Waals surface area contributed by atoms with E-state index in [1.54, 1.807) is 6.26 Å². The number of rotatable bonds is 6. The zero-order valence-electron chi connectivity index (χ0n) is 15.2. The molecule has 0 aliphatic heterocycles. The Bertz CT molecular complexity index is 1080. The second-order valence-electron chi connectivity index (χ2n) is 6.31. The van der Waals surface area contributed by atoms with Crippen molar-refractivity contribution < 1.29 is 9.21 Å². The van der Waals surface area contributed by atoms with Crippen molar-refractivity contribution in [3.63, 3.8) is 0 Å². The molecule has 0 saturated carbocycles. The lowest BCUT2D eigenvalue weighted by atomic mass is 10.3. The van der Waals surface area contributed by atoms with E-state index in [1.807, 2.05) is 44.2 Å². The quantitative estimate of drug-likeness (QED) is 0.509. The van der Waals surface area contributed by atoms with Crippen molar-refractivity contribution in [1.82, 2.24) is 19.9 Å². The Morgan fingerprint density at radius 2 is 2.04 bits per heavy atom. The minimum absolute atomic E-state index is 0.145. The van der Waals surface area contributed by atoms with Crippen LogP contribution in [0.5, 0.6) is 0 Å². The molecule has 4 aromatic rings. The summed E-state index contributed by atoms with van der Waals surface area (Å²) in [6.45, 7) is 5.30. The van der Waals surface area contributed by atoms with Crippen LogP contribution in [0.2, 0.25) is 0 Å². The Balaban J connectivity index is 1.37. The maximum absolute atomic E-state index is 12.5. The van der Waals surface area contributed by atoms with Crippen molar-refractivity contribution in [2.75, 3.05) is 6.54 Å². The number of carbonyl (C=O) groups is 1. The molecule has 0 saturated heterocycles. The highest BCUT2D eigenvalue weighted by atomic mass is 32.1. The lowest BCUT2D eigenvalue weighted by Gasteiger charge is -2.08. The number of benzene rings is 1. The van der Waals surface area contributed by atoms with Crippen molar-refractivity contribution >= 4 is 28.3 Å². The van der Waals surface area contributed by atoms with E-state index in [9.17, 15) is 4.79 Å². The number of hydrogen-bond acceptors (Lipinski definition) is 5. The Morgan fingerprint density at radius 3 is 2.85 bits per heavy atom. The number of furan rings is 1. The Hall–Kier alpha value is -2.93. The van der Waals surface area contributed by atoms with Gasteiger partial charge in [-0.1, -0.05) is 12.1 Å². The molecule has 6 nitrogen and oxygen atoms in total. The van der Waals surface area contributed by atoms with E-state index in [0.29, 0.717) is 18.0 Å². The van der Waals surface area contributed by atoms with E-state index in [-0.39, 0.29) is 5.91 Å². The third-order valence-electron chi connectivity index (χ3n) is 4.43. The lowest BCUT2D eigenvalue weighted by molar-refractivity contribution is 0.0948. The summed E-state index contributed by atoms with van der Waals surface area (Å²) >= 11 is 1.46. The molecule has 1 amide bonds. The van der Waals surface area contributed by atoms with Gasteiger partial charge in [-0.3, -0.25) is 4.79 Å². The number of amides is 1. The first-order chi connectivity index (χ1) is 13.1. The van der Waals surface area contributed by atoms with E-state index >= 15 is 0 Å². The zero-order chi connectivity index (χ0) is 18.8. The van der Waals surface area contributed by atoms with Crippen LogP contribution in [-0.4, -0.2) is 27.0 Å². The number of fused-ring (bicyclic) bond motifs is 1. The van der Waals surface area contributed by atoms with Crippen molar-refractivity contribution in [3.05, 3.63) is 59.1 Å². The number of aryl methyl sites for hydroxylation is 3. The molecule has 0 spiro atoms. The molecule has 0 radical (unpaired) electrons. The van der Waals surface area contributed by atoms with Gasteiger partial charge in [0.05, 0.1) is 17.3 Å². The monoisotopic (exact) mass is 380 g/mol. The summed E-state index contributed by atoms with van der Waals surface area (Å²) in [6, 6.07) is 11.8. The number of nitrogens with zero attached hydrogens (tertiary/aromatic N) is 3. The van der Waals surface area contributed by atoms with E-state index in [4.69, 9.17) is 4.42 Å². The predicted molar refractivity (Wildman–Crippen MR) is 106 cm³/mol. The number of imidazole rings is 1. The third kappa shape index (κ3) is 3.50. The van der Waals surface area contributed by atoms with Crippen molar-refractivity contribution in [3.8, 4) is 10.8 Å². The first-order valence-corrected chi connectivity index (χ1v) is 9.66. The van der Waals surface area contributed by atoms with Crippen LogP contribution in [0.25, 0.3) is 21.8 Å². The number of para-hydroxylation sites is 2. The smallest absolute Gasteiger partial charge is 0.271 e. The molecule has 0 bridgehead atoms. The molecule has 0 fully saturated rings. The van der Waals surface area contributed by atoms with E-state index in [0.717, 1.165) is 39.7 Å². The maximum atomic E-state index is 12.5. The normalized spacial score (nSPS) is 11.2. The number of aromatic nitrogens is 3. The molecular formula is C20H20N4O2S. The fourth-order valence-corrected chi connectivity index (χ4v) is 3.99. The Labute approximate surface area is 160 Å². The van der Waals surface area contributed by atoms with Gasteiger partial charge in [0.15, 0.2) is 10.8 Å². The van der Waals surface area contributed by atoms with Gasteiger partial charge in [-0.2, -0.15) is 0 Å². The van der Waals surface area contributed by atoms with Crippen LogP contribution >= 0.6 is 11.3 Å². The Morgan fingerprint density at radius 1 is 1.19 bits per heavy atom. The summed E-state index contributed by atoms with van der Waals surface area (Å²) in [5, 5.41) is 3.69. The predicted octanol–water partition coefficient (Wildman–Crippen LogP) is 4.19. The van der Waals surface area contributed by atoms with Crippen molar-refractivity contribution in [2.45, 2.75) is 26.8 Å². The van der Waals surface area contributed by atoms with Crippen molar-refractivity contribution in [1.29, 1.82) is 0 Å². The van der Waals surface area contributed by atoms with E-state index in [2.05, 4.69) is 25.9 Å². The third-order valence-corrected chi connectivity index (χ3v) is 5.42. The zero-order valence-corrected chi connectivity index (χ0v) is 16.0. The van der Waals surface area contributed by atoms with Gasteiger partial charge in [0.25, 0.3) is 5.91 Å². The molecule has 1 N–H and O–H groups in total. The van der Waals surface area contributed by atoms with Gasteiger partial charge in [-0.05, 0) is 44.5 Å². The van der Waals surface area contributed by atoms with Crippen LogP contribution in [0, 0.1) is 13.8 Å². The SMILES string of the molecule is Cc1sc(-c2ccco2)nc1C(=O)NCCCn1c(C)nc2ccccc21. The molecule has 138 valence electrons. The first-order valence-electron chi connectivity index (χ1n) is 8.85. The second kappa shape index (κ2) is 7.36. The molecule has 0 aliphatic carbocycles. The summed E-state index contributed by atoms with van der Waals surface area (Å²) in [5.74, 6) is 1.53. The van der Waals surface area contributed by atoms with Gasteiger partial charge < -0.3 is 14.3 Å². The Kier molecular flexibility index (Phi) is 4.77. The van der Waals surface area contributed by atoms with Gasteiger partial charge in [0.2, 0.25) is 0 Å². The maximum Gasteiger partial charge on any atom is 0.271 e. The average molecular weight is 380 g/mol. The van der Waals surface area contributed by atoms with E-state index in [1.165, 1.54) is 11.3 Å². The van der Waals surface area contributed by atoms with Gasteiger partial charge in [0, 0.05) is 18.0 Å². The summed E-state index contributed by atoms with van der Waals surface area (Å²) in [6.07, 6.45) is 2.43. The van der Waals surface area contributed by atoms with Gasteiger partial charge in [-0.15, -0.1) is 11.3 Å². The molecule has 3 aromatic heterocycles. The van der Waals surface area contributed by atoms with Gasteiger partial charge >= 0.3 is 0 Å². The van der Waals surface area contributed by atoms with Crippen LogP contribution in [0.15, 0.2) is 47.1 Å². The standard InChI is InChI=1S/C20H20N4O2S/c1-13-18(23-20(27-13)17-9-5-12-26-17)19(25)21-10-6-11-24-14(2)22-15-7-3-4-8-16(15)24/h3-5,7-9,12H,6,10-11H2,1-2H3,(H,21,25). The number of nitrogens with one attached hydrogen (secondary N) is 1. The molecule has 0 unspecified atom stereocenters. The highest BCUT2D eigenvalue weighted by molar-refractivity contribution is 7.15. The second-order valence-corrected chi connectivity index (χ2v) is 7.51. The highest BCUT2D eigenvalue weighted by Gasteiger charge is 2.17. The number of thiazole rings is 1. The van der Waals surface area contributed by atoms with Crippen LogP contribution in [-0.2, 0) is 6.54 Å². The number of carbonyl (C=O) groups excluding carboxylic acids is 1. The van der Waals surface area contributed by atoms with Crippen molar-refractivity contribution in [2.24, 2.45) is 0 Å². The molecular weight excluding hydrogens is 360 g/mol. The topological polar surface area (TPSA) is 73.0 Å². The van der Waals surface area contributed by atoms with E-state index < -0.39 is 0 Å². The first kappa shape index (κ1) is 17.5.